The predicted octanol–water partition coefficient (Wildman–Crippen LogP) is 5.15. The minimum Gasteiger partial charge on any atom is -0.378 e. The first-order valence-electron chi connectivity index (χ1n) is 7.23. The molecule has 2 rings (SSSR count). The topological polar surface area (TPSA) is 9.23 Å². The number of hydrogen-bond donors (Lipinski definition) is 0. The third-order valence-electron chi connectivity index (χ3n) is 2.95. The van der Waals surface area contributed by atoms with Crippen LogP contribution in [0.2, 0.25) is 0 Å². The molecule has 0 radical (unpaired) electrons. The molecule has 1 aliphatic rings. The number of benzene rings is 1. The molecule has 1 fully saturated rings. The molecule has 1 aromatic rings. The fourth-order valence-corrected chi connectivity index (χ4v) is 1.65. The average molecular weight is 250 g/mol. The Hall–Kier alpha value is -0.820. The minimum atomic E-state index is 0.520. The van der Waals surface area contributed by atoms with Crippen molar-refractivity contribution in [2.45, 2.75) is 60.5 Å². The highest BCUT2D eigenvalue weighted by Gasteiger charge is 2.13. The van der Waals surface area contributed by atoms with Crippen molar-refractivity contribution in [1.29, 1.82) is 0 Å². The van der Waals surface area contributed by atoms with Gasteiger partial charge in [-0.05, 0) is 39.5 Å². The molecule has 1 heteroatoms. The van der Waals surface area contributed by atoms with Crippen LogP contribution in [0.15, 0.2) is 24.3 Å². The normalized spacial score (nSPS) is 22.1. The van der Waals surface area contributed by atoms with E-state index in [4.69, 9.17) is 4.74 Å². The zero-order valence-corrected chi connectivity index (χ0v) is 13.0. The highest BCUT2D eigenvalue weighted by Crippen LogP contribution is 2.16. The molecule has 0 aromatic heterocycles. The van der Waals surface area contributed by atoms with E-state index in [0.29, 0.717) is 6.10 Å². The third-order valence-corrected chi connectivity index (χ3v) is 2.95. The van der Waals surface area contributed by atoms with Crippen molar-refractivity contribution < 1.29 is 4.74 Å². The SMILES string of the molecule is CC.CC1CCC(C)OC1.Cc1ccc(C)cc1. The van der Waals surface area contributed by atoms with Crippen molar-refractivity contribution in [3.05, 3.63) is 35.4 Å². The molecule has 0 aliphatic carbocycles. The second kappa shape index (κ2) is 10.1. The number of hydrogen-bond acceptors (Lipinski definition) is 1. The van der Waals surface area contributed by atoms with Gasteiger partial charge in [0.05, 0.1) is 6.10 Å². The van der Waals surface area contributed by atoms with Crippen LogP contribution in [0.25, 0.3) is 0 Å². The van der Waals surface area contributed by atoms with E-state index in [-0.39, 0.29) is 0 Å². The van der Waals surface area contributed by atoms with Gasteiger partial charge >= 0.3 is 0 Å². The van der Waals surface area contributed by atoms with Crippen LogP contribution in [-0.4, -0.2) is 12.7 Å². The molecule has 2 atom stereocenters. The van der Waals surface area contributed by atoms with Crippen molar-refractivity contribution in [1.82, 2.24) is 0 Å². The maximum Gasteiger partial charge on any atom is 0.0547 e. The van der Waals surface area contributed by atoms with Gasteiger partial charge in [0.1, 0.15) is 0 Å². The minimum absolute atomic E-state index is 0.520. The zero-order chi connectivity index (χ0) is 14.0. The predicted molar refractivity (Wildman–Crippen MR) is 81.1 cm³/mol. The average Bonchev–Trinajstić information content (AvgIpc) is 2.40. The van der Waals surface area contributed by atoms with E-state index in [1.165, 1.54) is 24.0 Å². The van der Waals surface area contributed by atoms with E-state index in [1.807, 2.05) is 13.8 Å². The molecule has 18 heavy (non-hydrogen) atoms. The van der Waals surface area contributed by atoms with Crippen molar-refractivity contribution in [2.24, 2.45) is 5.92 Å². The summed E-state index contributed by atoms with van der Waals surface area (Å²) in [7, 11) is 0. The molecule has 0 N–H and O–H groups in total. The molecule has 1 saturated heterocycles. The maximum atomic E-state index is 5.39. The monoisotopic (exact) mass is 250 g/mol. The van der Waals surface area contributed by atoms with Gasteiger partial charge in [0, 0.05) is 6.61 Å². The van der Waals surface area contributed by atoms with Gasteiger partial charge in [-0.1, -0.05) is 56.2 Å². The summed E-state index contributed by atoms with van der Waals surface area (Å²) in [6, 6.07) is 8.48. The molecule has 0 saturated carbocycles. The standard InChI is InChI=1S/C8H10.C7H14O.C2H6/c1-7-3-5-8(2)6-4-7;1-6-3-4-7(2)8-5-6;1-2/h3-6H,1-2H3;6-7H,3-5H2,1-2H3;1-2H3. The molecule has 1 aromatic carbocycles. The molecule has 1 aliphatic heterocycles. The van der Waals surface area contributed by atoms with E-state index < -0.39 is 0 Å². The Kier molecular flexibility index (Phi) is 9.67. The van der Waals surface area contributed by atoms with Gasteiger partial charge in [0.15, 0.2) is 0 Å². The smallest absolute Gasteiger partial charge is 0.0547 e. The van der Waals surface area contributed by atoms with Crippen molar-refractivity contribution in [3.8, 4) is 0 Å². The summed E-state index contributed by atoms with van der Waals surface area (Å²) < 4.78 is 5.39. The van der Waals surface area contributed by atoms with Gasteiger partial charge < -0.3 is 4.74 Å². The van der Waals surface area contributed by atoms with Crippen molar-refractivity contribution in [3.63, 3.8) is 0 Å². The third kappa shape index (κ3) is 8.30. The van der Waals surface area contributed by atoms with E-state index >= 15 is 0 Å². The lowest BCUT2D eigenvalue weighted by molar-refractivity contribution is 0.000267. The highest BCUT2D eigenvalue weighted by atomic mass is 16.5. The molecular formula is C17H30O. The lowest BCUT2D eigenvalue weighted by Crippen LogP contribution is -2.21. The quantitative estimate of drug-likeness (QED) is 0.618. The van der Waals surface area contributed by atoms with Crippen LogP contribution >= 0.6 is 0 Å². The lowest BCUT2D eigenvalue weighted by Gasteiger charge is -2.23. The molecular weight excluding hydrogens is 220 g/mol. The Morgan fingerprint density at radius 2 is 1.33 bits per heavy atom. The fraction of sp³-hybridized carbons (Fsp3) is 0.647. The van der Waals surface area contributed by atoms with Crippen LogP contribution in [0.4, 0.5) is 0 Å². The number of ether oxygens (including phenoxy) is 1. The molecule has 2 unspecified atom stereocenters. The van der Waals surface area contributed by atoms with Crippen molar-refractivity contribution in [2.75, 3.05) is 6.61 Å². The lowest BCUT2D eigenvalue weighted by atomic mass is 10.0. The van der Waals surface area contributed by atoms with Crippen LogP contribution in [0, 0.1) is 19.8 Å². The van der Waals surface area contributed by atoms with E-state index in [2.05, 4.69) is 52.0 Å². The first-order chi connectivity index (χ1) is 8.58. The summed E-state index contributed by atoms with van der Waals surface area (Å²) >= 11 is 0. The Morgan fingerprint density at radius 1 is 0.889 bits per heavy atom. The van der Waals surface area contributed by atoms with Gasteiger partial charge in [-0.3, -0.25) is 0 Å². The van der Waals surface area contributed by atoms with Gasteiger partial charge in [-0.15, -0.1) is 0 Å². The highest BCUT2D eigenvalue weighted by molar-refractivity contribution is 5.19. The van der Waals surface area contributed by atoms with Crippen LogP contribution in [0.1, 0.15) is 51.7 Å². The summed E-state index contributed by atoms with van der Waals surface area (Å²) in [5.41, 5.74) is 2.66. The molecule has 0 spiro atoms. The Balaban J connectivity index is 0.000000283. The zero-order valence-electron chi connectivity index (χ0n) is 13.0. The summed E-state index contributed by atoms with van der Waals surface area (Å²) in [5.74, 6) is 0.797. The summed E-state index contributed by atoms with van der Waals surface area (Å²) in [4.78, 5) is 0. The van der Waals surface area contributed by atoms with Gasteiger partial charge in [-0.25, -0.2) is 0 Å². The Bertz CT molecular complexity index is 250. The second-order valence-electron chi connectivity index (χ2n) is 4.98. The van der Waals surface area contributed by atoms with Gasteiger partial charge in [-0.2, -0.15) is 0 Å². The number of rotatable bonds is 0. The summed E-state index contributed by atoms with van der Waals surface area (Å²) in [6.45, 7) is 13.6. The second-order valence-corrected chi connectivity index (χ2v) is 4.98. The molecule has 1 heterocycles. The van der Waals surface area contributed by atoms with E-state index in [9.17, 15) is 0 Å². The molecule has 104 valence electrons. The van der Waals surface area contributed by atoms with Gasteiger partial charge in [0.25, 0.3) is 0 Å². The summed E-state index contributed by atoms with van der Waals surface area (Å²) in [5, 5.41) is 0. The maximum absolute atomic E-state index is 5.39. The van der Waals surface area contributed by atoms with Crippen molar-refractivity contribution >= 4 is 0 Å². The first kappa shape index (κ1) is 17.2. The molecule has 1 nitrogen and oxygen atoms in total. The van der Waals surface area contributed by atoms with E-state index in [0.717, 1.165) is 12.5 Å². The van der Waals surface area contributed by atoms with Crippen LogP contribution < -0.4 is 0 Å². The summed E-state index contributed by atoms with van der Waals surface area (Å²) in [6.07, 6.45) is 3.12. The number of aryl methyl sites for hydroxylation is 2. The van der Waals surface area contributed by atoms with Crippen LogP contribution in [-0.2, 0) is 4.74 Å². The molecule has 0 amide bonds. The molecule has 0 bridgehead atoms. The van der Waals surface area contributed by atoms with Gasteiger partial charge in [0.2, 0.25) is 0 Å². The van der Waals surface area contributed by atoms with Crippen LogP contribution in [0.3, 0.4) is 0 Å². The Morgan fingerprint density at radius 3 is 1.61 bits per heavy atom. The van der Waals surface area contributed by atoms with Crippen LogP contribution in [0.5, 0.6) is 0 Å². The fourth-order valence-electron chi connectivity index (χ4n) is 1.65. The first-order valence-corrected chi connectivity index (χ1v) is 7.23. The Labute approximate surface area is 114 Å². The largest absolute Gasteiger partial charge is 0.378 e. The van der Waals surface area contributed by atoms with E-state index in [1.54, 1.807) is 0 Å².